The van der Waals surface area contributed by atoms with Gasteiger partial charge in [0.2, 0.25) is 0 Å². The number of ether oxygens (including phenoxy) is 1. The van der Waals surface area contributed by atoms with E-state index >= 15 is 0 Å². The van der Waals surface area contributed by atoms with Crippen LogP contribution in [-0.2, 0) is 11.2 Å². The van der Waals surface area contributed by atoms with E-state index in [0.29, 0.717) is 11.4 Å². The maximum absolute atomic E-state index is 12.1. The van der Waals surface area contributed by atoms with Gasteiger partial charge in [0.15, 0.2) is 0 Å². The molecule has 0 spiro atoms. The van der Waals surface area contributed by atoms with Crippen molar-refractivity contribution in [2.75, 3.05) is 19.7 Å². The molecular formula is C21H30N2O3S. The van der Waals surface area contributed by atoms with Crippen LogP contribution in [0, 0.1) is 0 Å². The van der Waals surface area contributed by atoms with Crippen LogP contribution in [0.4, 0.5) is 4.79 Å². The van der Waals surface area contributed by atoms with E-state index < -0.39 is 0 Å². The standard InChI is InChI=1S/C21H30N2O3S/c1-2-3-4-5-6-16-26-18-12-10-17(11-13-18)8-7-9-19-20(24)23(15-14-22)21(25)27-19/h9-13H,2-8,14-16,22H2,1H3/b19-9-. The molecule has 0 aliphatic carbocycles. The molecule has 0 aromatic heterocycles. The molecule has 2 rings (SSSR count). The number of carbonyl (C=O) groups excluding carboxylic acids is 2. The lowest BCUT2D eigenvalue weighted by molar-refractivity contribution is -0.122. The third-order valence-electron chi connectivity index (χ3n) is 4.43. The Balaban J connectivity index is 1.72. The Morgan fingerprint density at radius 2 is 1.85 bits per heavy atom. The first-order valence-electron chi connectivity index (χ1n) is 9.81. The highest BCUT2D eigenvalue weighted by molar-refractivity contribution is 8.18. The zero-order valence-corrected chi connectivity index (χ0v) is 16.9. The van der Waals surface area contributed by atoms with E-state index in [-0.39, 0.29) is 17.7 Å². The first kappa shape index (κ1) is 21.5. The molecule has 0 saturated carbocycles. The number of hydrogen-bond acceptors (Lipinski definition) is 5. The number of amides is 2. The van der Waals surface area contributed by atoms with Crippen LogP contribution in [-0.4, -0.2) is 35.7 Å². The van der Waals surface area contributed by atoms with Gasteiger partial charge in [-0.25, -0.2) is 0 Å². The summed E-state index contributed by atoms with van der Waals surface area (Å²) in [6.45, 7) is 3.55. The number of rotatable bonds is 12. The van der Waals surface area contributed by atoms with Crippen LogP contribution in [0.25, 0.3) is 0 Å². The second-order valence-corrected chi connectivity index (χ2v) is 7.62. The molecule has 0 unspecified atom stereocenters. The van der Waals surface area contributed by atoms with Gasteiger partial charge in [0, 0.05) is 13.1 Å². The third-order valence-corrected chi connectivity index (χ3v) is 5.39. The van der Waals surface area contributed by atoms with Crippen molar-refractivity contribution in [2.45, 2.75) is 51.9 Å². The molecule has 27 heavy (non-hydrogen) atoms. The number of imide groups is 1. The summed E-state index contributed by atoms with van der Waals surface area (Å²) in [6.07, 6.45) is 9.55. The van der Waals surface area contributed by atoms with E-state index in [0.717, 1.165) is 43.4 Å². The Morgan fingerprint density at radius 1 is 1.11 bits per heavy atom. The molecule has 1 aliphatic heterocycles. The minimum Gasteiger partial charge on any atom is -0.494 e. The van der Waals surface area contributed by atoms with E-state index in [9.17, 15) is 9.59 Å². The van der Waals surface area contributed by atoms with Gasteiger partial charge in [-0.15, -0.1) is 0 Å². The molecule has 1 fully saturated rings. The number of nitrogens with zero attached hydrogens (tertiary/aromatic N) is 1. The van der Waals surface area contributed by atoms with Crippen molar-refractivity contribution in [3.05, 3.63) is 40.8 Å². The molecule has 6 heteroatoms. The topological polar surface area (TPSA) is 72.6 Å². The average Bonchev–Trinajstić information content (AvgIpc) is 2.94. The summed E-state index contributed by atoms with van der Waals surface area (Å²) >= 11 is 0.998. The van der Waals surface area contributed by atoms with Crippen molar-refractivity contribution in [1.29, 1.82) is 0 Å². The van der Waals surface area contributed by atoms with Gasteiger partial charge in [-0.2, -0.15) is 0 Å². The number of aryl methyl sites for hydroxylation is 1. The Labute approximate surface area is 166 Å². The zero-order chi connectivity index (χ0) is 19.5. The van der Waals surface area contributed by atoms with Crippen LogP contribution in [0.3, 0.4) is 0 Å². The summed E-state index contributed by atoms with van der Waals surface area (Å²) in [5, 5.41) is -0.229. The highest BCUT2D eigenvalue weighted by atomic mass is 32.2. The normalized spacial score (nSPS) is 15.8. The monoisotopic (exact) mass is 390 g/mol. The van der Waals surface area contributed by atoms with Crippen molar-refractivity contribution in [3.63, 3.8) is 0 Å². The highest BCUT2D eigenvalue weighted by Gasteiger charge is 2.33. The van der Waals surface area contributed by atoms with E-state index in [1.165, 1.54) is 36.1 Å². The first-order valence-corrected chi connectivity index (χ1v) is 10.6. The van der Waals surface area contributed by atoms with Gasteiger partial charge in [0.1, 0.15) is 5.75 Å². The molecule has 0 bridgehead atoms. The van der Waals surface area contributed by atoms with Gasteiger partial charge < -0.3 is 10.5 Å². The zero-order valence-electron chi connectivity index (χ0n) is 16.1. The van der Waals surface area contributed by atoms with Crippen LogP contribution in [0.2, 0.25) is 0 Å². The predicted molar refractivity (Wildman–Crippen MR) is 111 cm³/mol. The summed E-state index contributed by atoms with van der Waals surface area (Å²) < 4.78 is 5.77. The summed E-state index contributed by atoms with van der Waals surface area (Å²) in [7, 11) is 0. The first-order chi connectivity index (χ1) is 13.2. The van der Waals surface area contributed by atoms with Crippen LogP contribution in [0.1, 0.15) is 51.0 Å². The lowest BCUT2D eigenvalue weighted by Gasteiger charge is -2.09. The number of carbonyl (C=O) groups is 2. The van der Waals surface area contributed by atoms with E-state index in [1.807, 2.05) is 18.2 Å². The molecule has 1 heterocycles. The van der Waals surface area contributed by atoms with E-state index in [1.54, 1.807) is 0 Å². The van der Waals surface area contributed by atoms with E-state index in [4.69, 9.17) is 10.5 Å². The van der Waals surface area contributed by atoms with Crippen LogP contribution in [0.5, 0.6) is 5.75 Å². The van der Waals surface area contributed by atoms with Gasteiger partial charge in [-0.1, -0.05) is 50.8 Å². The van der Waals surface area contributed by atoms with Gasteiger partial charge in [0.05, 0.1) is 11.5 Å². The Kier molecular flexibility index (Phi) is 9.42. The molecule has 1 aliphatic rings. The number of thioether (sulfide) groups is 1. The highest BCUT2D eigenvalue weighted by Crippen LogP contribution is 2.30. The van der Waals surface area contributed by atoms with Crippen molar-refractivity contribution >= 4 is 22.9 Å². The Morgan fingerprint density at radius 3 is 2.56 bits per heavy atom. The second-order valence-electron chi connectivity index (χ2n) is 6.63. The minimum atomic E-state index is -0.229. The maximum Gasteiger partial charge on any atom is 0.293 e. The summed E-state index contributed by atoms with van der Waals surface area (Å²) in [4.78, 5) is 25.6. The van der Waals surface area contributed by atoms with Crippen molar-refractivity contribution in [1.82, 2.24) is 4.90 Å². The molecule has 1 aromatic carbocycles. The van der Waals surface area contributed by atoms with E-state index in [2.05, 4.69) is 19.1 Å². The number of benzene rings is 1. The maximum atomic E-state index is 12.1. The van der Waals surface area contributed by atoms with Crippen LogP contribution >= 0.6 is 11.8 Å². The average molecular weight is 391 g/mol. The van der Waals surface area contributed by atoms with Crippen LogP contribution in [0.15, 0.2) is 35.2 Å². The lowest BCUT2D eigenvalue weighted by Crippen LogP contribution is -2.33. The second kappa shape index (κ2) is 11.8. The number of nitrogens with two attached hydrogens (primary N) is 1. The number of unbranched alkanes of at least 4 members (excludes halogenated alkanes) is 4. The lowest BCUT2D eigenvalue weighted by atomic mass is 10.1. The van der Waals surface area contributed by atoms with Gasteiger partial charge in [0.25, 0.3) is 11.1 Å². The number of hydrogen-bond donors (Lipinski definition) is 1. The molecule has 148 valence electrons. The molecule has 2 amide bonds. The fourth-order valence-electron chi connectivity index (χ4n) is 2.88. The summed E-state index contributed by atoms with van der Waals surface area (Å²) in [5.74, 6) is 0.676. The molecule has 1 aromatic rings. The third kappa shape index (κ3) is 7.03. The Hall–Kier alpha value is -1.79. The fraction of sp³-hybridized carbons (Fsp3) is 0.524. The predicted octanol–water partition coefficient (Wildman–Crippen LogP) is 4.51. The SMILES string of the molecule is CCCCCCCOc1ccc(CC/C=C2\SC(=O)N(CCN)C2=O)cc1. The molecule has 5 nitrogen and oxygen atoms in total. The molecular weight excluding hydrogens is 360 g/mol. The van der Waals surface area contributed by atoms with Gasteiger partial charge in [-0.05, 0) is 48.7 Å². The summed E-state index contributed by atoms with van der Waals surface area (Å²) in [5.41, 5.74) is 6.62. The van der Waals surface area contributed by atoms with Gasteiger partial charge >= 0.3 is 0 Å². The molecule has 0 radical (unpaired) electrons. The largest absolute Gasteiger partial charge is 0.494 e. The number of allylic oxidation sites excluding steroid dienone is 1. The summed E-state index contributed by atoms with van der Waals surface area (Å²) in [6, 6.07) is 8.10. The molecule has 1 saturated heterocycles. The quantitative estimate of drug-likeness (QED) is 0.420. The van der Waals surface area contributed by atoms with Crippen LogP contribution < -0.4 is 10.5 Å². The smallest absolute Gasteiger partial charge is 0.293 e. The van der Waals surface area contributed by atoms with Crippen molar-refractivity contribution in [3.8, 4) is 5.75 Å². The Bertz CT molecular complexity index is 643. The van der Waals surface area contributed by atoms with Gasteiger partial charge in [-0.3, -0.25) is 14.5 Å². The van der Waals surface area contributed by atoms with Crippen molar-refractivity contribution < 1.29 is 14.3 Å². The fourth-order valence-corrected chi connectivity index (χ4v) is 3.75. The molecule has 0 atom stereocenters. The minimum absolute atomic E-state index is 0.224. The molecule has 2 N–H and O–H groups in total. The van der Waals surface area contributed by atoms with Crippen molar-refractivity contribution in [2.24, 2.45) is 5.73 Å².